The van der Waals surface area contributed by atoms with E-state index in [9.17, 15) is 14.0 Å². The summed E-state index contributed by atoms with van der Waals surface area (Å²) in [4.78, 5) is 28.2. The van der Waals surface area contributed by atoms with Crippen molar-refractivity contribution < 1.29 is 18.7 Å². The molecule has 4 rings (SSSR count). The first-order chi connectivity index (χ1) is 17.4. The molecule has 1 fully saturated rings. The van der Waals surface area contributed by atoms with E-state index in [-0.39, 0.29) is 30.6 Å². The average Bonchev–Trinajstić information content (AvgIpc) is 2.89. The first kappa shape index (κ1) is 25.2. The highest BCUT2D eigenvalue weighted by molar-refractivity contribution is 6.02. The maximum Gasteiger partial charge on any atom is 0.253 e. The van der Waals surface area contributed by atoms with Crippen LogP contribution in [0, 0.1) is 11.7 Å². The van der Waals surface area contributed by atoms with E-state index in [4.69, 9.17) is 4.74 Å². The van der Waals surface area contributed by atoms with Gasteiger partial charge < -0.3 is 20.3 Å². The van der Waals surface area contributed by atoms with Gasteiger partial charge in [0.15, 0.2) is 0 Å². The van der Waals surface area contributed by atoms with Gasteiger partial charge >= 0.3 is 0 Å². The predicted octanol–water partition coefficient (Wildman–Crippen LogP) is 5.18. The molecule has 1 saturated heterocycles. The summed E-state index contributed by atoms with van der Waals surface area (Å²) in [6.07, 6.45) is 2.34. The highest BCUT2D eigenvalue weighted by Gasteiger charge is 2.22. The molecule has 0 aromatic heterocycles. The van der Waals surface area contributed by atoms with E-state index in [0.29, 0.717) is 17.2 Å². The Labute approximate surface area is 211 Å². The molecule has 3 aromatic rings. The largest absolute Gasteiger partial charge is 0.497 e. The fourth-order valence-electron chi connectivity index (χ4n) is 4.33. The van der Waals surface area contributed by atoms with Crippen LogP contribution in [0.2, 0.25) is 0 Å². The molecule has 0 atom stereocenters. The third-order valence-corrected chi connectivity index (χ3v) is 6.54. The van der Waals surface area contributed by atoms with E-state index in [1.807, 2.05) is 36.4 Å². The number of nitrogens with zero attached hydrogens (tertiary/aromatic N) is 1. The van der Waals surface area contributed by atoms with Crippen molar-refractivity contribution in [3.63, 3.8) is 0 Å². The van der Waals surface area contributed by atoms with Gasteiger partial charge in [-0.2, -0.15) is 0 Å². The number of benzene rings is 3. The molecule has 7 heteroatoms. The summed E-state index contributed by atoms with van der Waals surface area (Å²) in [6.45, 7) is 4.28. The number of ether oxygens (including phenoxy) is 1. The van der Waals surface area contributed by atoms with Gasteiger partial charge in [0.05, 0.1) is 19.1 Å². The van der Waals surface area contributed by atoms with Crippen molar-refractivity contribution in [3.8, 4) is 5.75 Å². The molecule has 36 heavy (non-hydrogen) atoms. The number of carbonyl (C=O) groups is 2. The quantitative estimate of drug-likeness (QED) is 0.457. The summed E-state index contributed by atoms with van der Waals surface area (Å²) < 4.78 is 18.4. The molecule has 0 aliphatic carbocycles. The molecule has 0 spiro atoms. The number of amides is 2. The third kappa shape index (κ3) is 6.62. The Morgan fingerprint density at radius 2 is 1.64 bits per heavy atom. The van der Waals surface area contributed by atoms with Gasteiger partial charge in [-0.15, -0.1) is 0 Å². The Balaban J connectivity index is 1.50. The van der Waals surface area contributed by atoms with Crippen LogP contribution in [-0.4, -0.2) is 32.0 Å². The predicted molar refractivity (Wildman–Crippen MR) is 140 cm³/mol. The molecule has 0 saturated carbocycles. The number of halogens is 1. The van der Waals surface area contributed by atoms with Gasteiger partial charge in [-0.05, 0) is 72.4 Å². The fraction of sp³-hybridized carbons (Fsp3) is 0.310. The van der Waals surface area contributed by atoms with Crippen LogP contribution in [0.3, 0.4) is 0 Å². The maximum absolute atomic E-state index is 13.3. The second kappa shape index (κ2) is 11.7. The number of anilines is 2. The van der Waals surface area contributed by atoms with Crippen molar-refractivity contribution in [1.82, 2.24) is 5.32 Å². The van der Waals surface area contributed by atoms with Gasteiger partial charge in [0.1, 0.15) is 11.6 Å². The number of methoxy groups -OCH3 is 1. The van der Waals surface area contributed by atoms with E-state index in [2.05, 4.69) is 22.5 Å². The van der Waals surface area contributed by atoms with Crippen molar-refractivity contribution >= 4 is 23.2 Å². The Bertz CT molecular complexity index is 1190. The average molecular weight is 490 g/mol. The SMILES string of the molecule is COc1ccc(CC(=O)Nc2ccc(N3CCC(C)CC3)c(C(=O)NCc3ccc(F)cc3)c2)cc1. The molecule has 2 N–H and O–H groups in total. The lowest BCUT2D eigenvalue weighted by Gasteiger charge is -2.33. The molecular formula is C29H32FN3O3. The van der Waals surface area contributed by atoms with E-state index in [1.54, 1.807) is 25.3 Å². The number of rotatable bonds is 8. The Kier molecular flexibility index (Phi) is 8.21. The summed E-state index contributed by atoms with van der Waals surface area (Å²) in [5.41, 5.74) is 3.60. The Morgan fingerprint density at radius 1 is 0.972 bits per heavy atom. The van der Waals surface area contributed by atoms with Crippen molar-refractivity contribution in [3.05, 3.63) is 89.2 Å². The molecule has 6 nitrogen and oxygen atoms in total. The second-order valence-corrected chi connectivity index (χ2v) is 9.28. The molecule has 2 amide bonds. The van der Waals surface area contributed by atoms with Crippen molar-refractivity contribution in [1.29, 1.82) is 0 Å². The minimum absolute atomic E-state index is 0.169. The highest BCUT2D eigenvalue weighted by atomic mass is 19.1. The Morgan fingerprint density at radius 3 is 2.31 bits per heavy atom. The van der Waals surface area contributed by atoms with E-state index in [1.165, 1.54) is 12.1 Å². The maximum atomic E-state index is 13.3. The molecule has 0 bridgehead atoms. The van der Waals surface area contributed by atoms with E-state index < -0.39 is 0 Å². The third-order valence-electron chi connectivity index (χ3n) is 6.54. The van der Waals surface area contributed by atoms with Crippen LogP contribution in [0.1, 0.15) is 41.3 Å². The van der Waals surface area contributed by atoms with Crippen molar-refractivity contribution in [2.24, 2.45) is 5.92 Å². The van der Waals surface area contributed by atoms with Crippen LogP contribution in [0.4, 0.5) is 15.8 Å². The first-order valence-corrected chi connectivity index (χ1v) is 12.3. The summed E-state index contributed by atoms with van der Waals surface area (Å²) in [7, 11) is 1.60. The van der Waals surface area contributed by atoms with Crippen LogP contribution in [-0.2, 0) is 17.8 Å². The molecule has 1 aliphatic rings. The molecular weight excluding hydrogens is 457 g/mol. The lowest BCUT2D eigenvalue weighted by molar-refractivity contribution is -0.115. The van der Waals surface area contributed by atoms with E-state index in [0.717, 1.165) is 48.5 Å². The van der Waals surface area contributed by atoms with E-state index >= 15 is 0 Å². The number of hydrogen-bond donors (Lipinski definition) is 2. The summed E-state index contributed by atoms with van der Waals surface area (Å²) >= 11 is 0. The van der Waals surface area contributed by atoms with Crippen LogP contribution in [0.25, 0.3) is 0 Å². The molecule has 3 aromatic carbocycles. The highest BCUT2D eigenvalue weighted by Crippen LogP contribution is 2.29. The van der Waals surface area contributed by atoms with Crippen LogP contribution >= 0.6 is 0 Å². The number of piperidine rings is 1. The molecule has 0 radical (unpaired) electrons. The summed E-state index contributed by atoms with van der Waals surface area (Å²) in [6, 6.07) is 18.9. The normalized spacial score (nSPS) is 13.8. The van der Waals surface area contributed by atoms with Gasteiger partial charge in [-0.3, -0.25) is 9.59 Å². The number of carbonyl (C=O) groups excluding carboxylic acids is 2. The zero-order chi connectivity index (χ0) is 25.5. The van der Waals surface area contributed by atoms with Gasteiger partial charge in [-0.25, -0.2) is 4.39 Å². The topological polar surface area (TPSA) is 70.7 Å². The van der Waals surface area contributed by atoms with Crippen molar-refractivity contribution in [2.45, 2.75) is 32.7 Å². The molecule has 1 aliphatic heterocycles. The molecule has 0 unspecified atom stereocenters. The van der Waals surface area contributed by atoms with Gasteiger partial charge in [-0.1, -0.05) is 31.2 Å². The standard InChI is InChI=1S/C29H32FN3O3/c1-20-13-15-33(16-14-20)27-12-9-24(32-28(34)17-21-5-10-25(36-2)11-6-21)18-26(27)29(35)31-19-22-3-7-23(30)8-4-22/h3-12,18,20H,13-17,19H2,1-2H3,(H,31,35)(H,32,34). The zero-order valence-corrected chi connectivity index (χ0v) is 20.7. The second-order valence-electron chi connectivity index (χ2n) is 9.28. The summed E-state index contributed by atoms with van der Waals surface area (Å²) in [5, 5.41) is 5.86. The van der Waals surface area contributed by atoms with Crippen LogP contribution in [0.15, 0.2) is 66.7 Å². The molecule has 1 heterocycles. The Hall–Kier alpha value is -3.87. The van der Waals surface area contributed by atoms with Gasteiger partial charge in [0, 0.05) is 31.0 Å². The minimum Gasteiger partial charge on any atom is -0.497 e. The van der Waals surface area contributed by atoms with Crippen molar-refractivity contribution in [2.75, 3.05) is 30.4 Å². The summed E-state index contributed by atoms with van der Waals surface area (Å²) in [5.74, 6) is 0.674. The minimum atomic E-state index is -0.315. The lowest BCUT2D eigenvalue weighted by Crippen LogP contribution is -2.35. The number of nitrogens with one attached hydrogen (secondary N) is 2. The lowest BCUT2D eigenvalue weighted by atomic mass is 9.97. The van der Waals surface area contributed by atoms with Crippen LogP contribution < -0.4 is 20.3 Å². The van der Waals surface area contributed by atoms with Crippen LogP contribution in [0.5, 0.6) is 5.75 Å². The fourth-order valence-corrected chi connectivity index (χ4v) is 4.33. The van der Waals surface area contributed by atoms with Gasteiger partial charge in [0.2, 0.25) is 5.91 Å². The number of hydrogen-bond acceptors (Lipinski definition) is 4. The van der Waals surface area contributed by atoms with Gasteiger partial charge in [0.25, 0.3) is 5.91 Å². The smallest absolute Gasteiger partial charge is 0.253 e. The molecule has 188 valence electrons. The first-order valence-electron chi connectivity index (χ1n) is 12.3. The zero-order valence-electron chi connectivity index (χ0n) is 20.7. The monoisotopic (exact) mass is 489 g/mol.